The molecule has 0 heterocycles. The molecule has 64 valence electrons. The summed E-state index contributed by atoms with van der Waals surface area (Å²) in [7, 11) is 0. The fourth-order valence-corrected chi connectivity index (χ4v) is 2.60. The summed E-state index contributed by atoms with van der Waals surface area (Å²) in [6.07, 6.45) is 1.03. The summed E-state index contributed by atoms with van der Waals surface area (Å²) in [5, 5.41) is 0. The Bertz CT molecular complexity index is 138. The van der Waals surface area contributed by atoms with Gasteiger partial charge in [0.25, 0.3) is 0 Å². The van der Waals surface area contributed by atoms with Gasteiger partial charge in [-0.1, -0.05) is 0 Å². The Morgan fingerprint density at radius 1 is 0.636 bits per heavy atom. The highest BCUT2D eigenvalue weighted by atomic mass is 15.0. The lowest BCUT2D eigenvalue weighted by Crippen LogP contribution is -2.60. The van der Waals surface area contributed by atoms with Crippen LogP contribution in [0.1, 0.15) is 6.42 Å². The van der Waals surface area contributed by atoms with Crippen molar-refractivity contribution in [1.29, 1.82) is 0 Å². The van der Waals surface area contributed by atoms with E-state index in [4.69, 9.17) is 22.9 Å². The molecule has 2 bridgehead atoms. The Morgan fingerprint density at radius 2 is 0.909 bits per heavy atom. The van der Waals surface area contributed by atoms with Crippen LogP contribution in [0.4, 0.5) is 0 Å². The van der Waals surface area contributed by atoms with Gasteiger partial charge in [0.05, 0.1) is 0 Å². The fraction of sp³-hybridized carbons (Fsp3) is 1.00. The third kappa shape index (κ3) is 0.780. The number of hydrogen-bond acceptors (Lipinski definition) is 4. The van der Waals surface area contributed by atoms with E-state index < -0.39 is 0 Å². The van der Waals surface area contributed by atoms with Gasteiger partial charge in [0, 0.05) is 24.2 Å². The van der Waals surface area contributed by atoms with Crippen molar-refractivity contribution in [3.05, 3.63) is 0 Å². The molecule has 0 amide bonds. The average Bonchev–Trinajstić information content (AvgIpc) is 2.40. The van der Waals surface area contributed by atoms with Crippen molar-refractivity contribution < 1.29 is 0 Å². The molecule has 0 aromatic heterocycles. The molecule has 11 heavy (non-hydrogen) atoms. The van der Waals surface area contributed by atoms with Crippen LogP contribution in [0, 0.1) is 11.8 Å². The van der Waals surface area contributed by atoms with Gasteiger partial charge in [-0.05, 0) is 18.3 Å². The van der Waals surface area contributed by atoms with Crippen LogP contribution in [0.25, 0.3) is 0 Å². The van der Waals surface area contributed by atoms with Crippen molar-refractivity contribution in [3.8, 4) is 0 Å². The van der Waals surface area contributed by atoms with E-state index >= 15 is 0 Å². The quantitative estimate of drug-likeness (QED) is 0.324. The molecule has 4 heteroatoms. The summed E-state index contributed by atoms with van der Waals surface area (Å²) in [5.41, 5.74) is 23.4. The van der Waals surface area contributed by atoms with Crippen molar-refractivity contribution in [2.45, 2.75) is 30.6 Å². The largest absolute Gasteiger partial charge is 0.326 e. The average molecular weight is 156 g/mol. The predicted molar refractivity (Wildman–Crippen MR) is 43.5 cm³/mol. The van der Waals surface area contributed by atoms with E-state index in [0.717, 1.165) is 6.42 Å². The third-order valence-corrected chi connectivity index (χ3v) is 3.41. The van der Waals surface area contributed by atoms with Crippen LogP contribution in [0.3, 0.4) is 0 Å². The number of nitrogens with two attached hydrogens (primary N) is 4. The fourth-order valence-electron chi connectivity index (χ4n) is 2.60. The van der Waals surface area contributed by atoms with E-state index in [1.165, 1.54) is 0 Å². The van der Waals surface area contributed by atoms with Gasteiger partial charge in [-0.25, -0.2) is 0 Å². The van der Waals surface area contributed by atoms with E-state index in [-0.39, 0.29) is 24.2 Å². The summed E-state index contributed by atoms with van der Waals surface area (Å²) in [6, 6.07) is 0.314. The second kappa shape index (κ2) is 2.17. The minimum Gasteiger partial charge on any atom is -0.326 e. The Labute approximate surface area is 66.3 Å². The van der Waals surface area contributed by atoms with Gasteiger partial charge in [0.2, 0.25) is 0 Å². The Hall–Kier alpha value is -0.160. The van der Waals surface area contributed by atoms with E-state index in [2.05, 4.69) is 0 Å². The van der Waals surface area contributed by atoms with Crippen molar-refractivity contribution in [3.63, 3.8) is 0 Å². The molecule has 0 aliphatic heterocycles. The van der Waals surface area contributed by atoms with Crippen LogP contribution in [0.15, 0.2) is 0 Å². The maximum Gasteiger partial charge on any atom is 0.0239 e. The van der Waals surface area contributed by atoms with Crippen LogP contribution in [0.2, 0.25) is 0 Å². The molecule has 0 aromatic rings. The van der Waals surface area contributed by atoms with Crippen LogP contribution in [-0.2, 0) is 0 Å². The molecule has 2 aliphatic rings. The zero-order valence-corrected chi connectivity index (χ0v) is 6.48. The summed E-state index contributed by atoms with van der Waals surface area (Å²) < 4.78 is 0. The molecule has 2 saturated carbocycles. The molecule has 2 aliphatic carbocycles. The maximum atomic E-state index is 5.86. The van der Waals surface area contributed by atoms with Gasteiger partial charge < -0.3 is 22.9 Å². The SMILES string of the molecule is NC1C(N)C2CC1C(N)C2N. The number of rotatable bonds is 0. The molecule has 0 radical (unpaired) electrons. The van der Waals surface area contributed by atoms with Crippen molar-refractivity contribution in [1.82, 2.24) is 0 Å². The molecular weight excluding hydrogens is 140 g/mol. The highest BCUT2D eigenvalue weighted by molar-refractivity contribution is 5.13. The molecule has 8 N–H and O–H groups in total. The second-order valence-corrected chi connectivity index (χ2v) is 3.87. The van der Waals surface area contributed by atoms with Gasteiger partial charge in [-0.2, -0.15) is 0 Å². The Kier molecular flexibility index (Phi) is 1.47. The topological polar surface area (TPSA) is 104 Å². The maximum absolute atomic E-state index is 5.86. The monoisotopic (exact) mass is 156 g/mol. The highest BCUT2D eigenvalue weighted by Gasteiger charge is 2.53. The third-order valence-electron chi connectivity index (χ3n) is 3.41. The molecule has 4 nitrogen and oxygen atoms in total. The van der Waals surface area contributed by atoms with Gasteiger partial charge >= 0.3 is 0 Å². The molecule has 4 unspecified atom stereocenters. The molecular formula is C7H16N4. The van der Waals surface area contributed by atoms with Gasteiger partial charge in [0.1, 0.15) is 0 Å². The predicted octanol–water partition coefficient (Wildman–Crippen LogP) is -2.05. The molecule has 2 fully saturated rings. The first-order valence-electron chi connectivity index (χ1n) is 4.15. The zero-order chi connectivity index (χ0) is 8.17. The van der Waals surface area contributed by atoms with E-state index in [1.54, 1.807) is 0 Å². The number of fused-ring (bicyclic) bond motifs is 2. The first-order chi connectivity index (χ1) is 5.13. The molecule has 0 saturated heterocycles. The molecule has 0 aromatic carbocycles. The smallest absolute Gasteiger partial charge is 0.0239 e. The Morgan fingerprint density at radius 3 is 1.09 bits per heavy atom. The molecule has 4 atom stereocenters. The minimum absolute atomic E-state index is 0.0785. The van der Waals surface area contributed by atoms with E-state index in [0.29, 0.717) is 11.8 Å². The molecule has 2 rings (SSSR count). The Balaban J connectivity index is 2.21. The van der Waals surface area contributed by atoms with Gasteiger partial charge in [0.15, 0.2) is 0 Å². The van der Waals surface area contributed by atoms with E-state index in [1.807, 2.05) is 0 Å². The summed E-state index contributed by atoms with van der Waals surface area (Å²) >= 11 is 0. The van der Waals surface area contributed by atoms with Crippen molar-refractivity contribution >= 4 is 0 Å². The van der Waals surface area contributed by atoms with Crippen molar-refractivity contribution in [2.24, 2.45) is 34.8 Å². The zero-order valence-electron chi connectivity index (χ0n) is 6.48. The van der Waals surface area contributed by atoms with Crippen LogP contribution >= 0.6 is 0 Å². The summed E-state index contributed by atoms with van der Waals surface area (Å²) in [6.45, 7) is 0. The normalized spacial score (nSPS) is 62.2. The van der Waals surface area contributed by atoms with Gasteiger partial charge in [-0.3, -0.25) is 0 Å². The highest BCUT2D eigenvalue weighted by Crippen LogP contribution is 2.41. The lowest BCUT2D eigenvalue weighted by Gasteiger charge is -2.33. The van der Waals surface area contributed by atoms with E-state index in [9.17, 15) is 0 Å². The number of hydrogen-bond donors (Lipinski definition) is 4. The van der Waals surface area contributed by atoms with Crippen LogP contribution < -0.4 is 22.9 Å². The minimum atomic E-state index is 0.0785. The lowest BCUT2D eigenvalue weighted by atomic mass is 9.85. The lowest BCUT2D eigenvalue weighted by molar-refractivity contribution is 0.292. The second-order valence-electron chi connectivity index (χ2n) is 3.87. The standard InChI is InChI=1S/C7H16N4/c8-4-2-1-3(6(4)10)7(11)5(2)9/h2-7H,1,8-11H2. The summed E-state index contributed by atoms with van der Waals surface area (Å²) in [4.78, 5) is 0. The first kappa shape index (κ1) is 7.49. The van der Waals surface area contributed by atoms with Crippen LogP contribution in [0.5, 0.6) is 0 Å². The van der Waals surface area contributed by atoms with Crippen molar-refractivity contribution in [2.75, 3.05) is 0 Å². The first-order valence-corrected chi connectivity index (χ1v) is 4.15. The van der Waals surface area contributed by atoms with Crippen LogP contribution in [-0.4, -0.2) is 24.2 Å². The van der Waals surface area contributed by atoms with Gasteiger partial charge in [-0.15, -0.1) is 0 Å². The molecule has 0 spiro atoms. The summed E-state index contributed by atoms with van der Waals surface area (Å²) in [5.74, 6) is 0.731.